The van der Waals surface area contributed by atoms with Crippen molar-refractivity contribution in [3.05, 3.63) is 59.1 Å². The van der Waals surface area contributed by atoms with Crippen LogP contribution in [0, 0.1) is 0 Å². The van der Waals surface area contributed by atoms with Gasteiger partial charge in [-0.1, -0.05) is 49.2 Å². The molecule has 2 aliphatic rings. The molecule has 0 saturated carbocycles. The summed E-state index contributed by atoms with van der Waals surface area (Å²) >= 11 is 6.13. The van der Waals surface area contributed by atoms with Crippen LogP contribution in [0.3, 0.4) is 0 Å². The van der Waals surface area contributed by atoms with Crippen molar-refractivity contribution in [1.29, 1.82) is 0 Å². The number of fused-ring (bicyclic) bond motifs is 1. The minimum absolute atomic E-state index is 0.177. The number of hydrogen-bond acceptors (Lipinski definition) is 3. The lowest BCUT2D eigenvalue weighted by atomic mass is 9.75. The first-order valence-electron chi connectivity index (χ1n) is 10.8. The molecule has 1 unspecified atom stereocenters. The second-order valence-electron chi connectivity index (χ2n) is 8.20. The predicted octanol–water partition coefficient (Wildman–Crippen LogP) is 4.93. The fourth-order valence-electron chi connectivity index (χ4n) is 4.81. The molecule has 154 valence electrons. The van der Waals surface area contributed by atoms with E-state index in [1.54, 1.807) is 0 Å². The average molecular weight is 412 g/mol. The van der Waals surface area contributed by atoms with Crippen LogP contribution in [0.25, 0.3) is 0 Å². The number of anilines is 2. The van der Waals surface area contributed by atoms with Gasteiger partial charge in [0.15, 0.2) is 0 Å². The summed E-state index contributed by atoms with van der Waals surface area (Å²) in [7, 11) is 0. The minimum Gasteiger partial charge on any atom is -0.369 e. The molecule has 1 fully saturated rings. The molecule has 1 amide bonds. The zero-order valence-electron chi connectivity index (χ0n) is 17.2. The van der Waals surface area contributed by atoms with E-state index in [4.69, 9.17) is 11.6 Å². The molecule has 5 heteroatoms. The molecule has 29 heavy (non-hydrogen) atoms. The van der Waals surface area contributed by atoms with Gasteiger partial charge in [-0.15, -0.1) is 0 Å². The van der Waals surface area contributed by atoms with Crippen molar-refractivity contribution in [2.75, 3.05) is 42.9 Å². The van der Waals surface area contributed by atoms with Gasteiger partial charge in [0.25, 0.3) is 0 Å². The van der Waals surface area contributed by atoms with Crippen LogP contribution in [0.4, 0.5) is 11.4 Å². The van der Waals surface area contributed by atoms with Crippen molar-refractivity contribution in [2.24, 2.45) is 0 Å². The summed E-state index contributed by atoms with van der Waals surface area (Å²) in [5.41, 5.74) is 3.05. The number of unbranched alkanes of at least 4 members (excludes halogenated alkanes) is 1. The summed E-state index contributed by atoms with van der Waals surface area (Å²) in [5, 5.41) is 3.89. The van der Waals surface area contributed by atoms with Gasteiger partial charge in [0.05, 0.1) is 5.41 Å². The Morgan fingerprint density at radius 1 is 1.03 bits per heavy atom. The monoisotopic (exact) mass is 411 g/mol. The second-order valence-corrected chi connectivity index (χ2v) is 8.64. The second kappa shape index (κ2) is 8.76. The Morgan fingerprint density at radius 3 is 2.59 bits per heavy atom. The van der Waals surface area contributed by atoms with E-state index in [9.17, 15) is 4.79 Å². The van der Waals surface area contributed by atoms with Crippen molar-refractivity contribution >= 4 is 28.9 Å². The van der Waals surface area contributed by atoms with Gasteiger partial charge in [-0.3, -0.25) is 9.69 Å². The minimum atomic E-state index is -0.345. The lowest BCUT2D eigenvalue weighted by Crippen LogP contribution is -2.46. The van der Waals surface area contributed by atoms with Crippen molar-refractivity contribution < 1.29 is 4.79 Å². The number of halogens is 1. The highest BCUT2D eigenvalue weighted by Crippen LogP contribution is 2.43. The summed E-state index contributed by atoms with van der Waals surface area (Å²) < 4.78 is 0. The first kappa shape index (κ1) is 20.2. The standard InChI is InChI=1S/C24H30ClN3O/c1-2-24(21-10-3-4-11-22(21)26-23(24)29)12-5-6-13-27-14-16-28(17-15-27)20-9-7-8-19(25)18-20/h3-4,7-11,18H,2,5-6,12-17H2,1H3,(H,26,29). The van der Waals surface area contributed by atoms with Crippen LogP contribution in [0.1, 0.15) is 38.2 Å². The number of piperazine rings is 1. The van der Waals surface area contributed by atoms with E-state index >= 15 is 0 Å². The van der Waals surface area contributed by atoms with Gasteiger partial charge >= 0.3 is 0 Å². The highest BCUT2D eigenvalue weighted by Gasteiger charge is 2.44. The molecule has 1 saturated heterocycles. The molecule has 2 aromatic carbocycles. The van der Waals surface area contributed by atoms with E-state index in [-0.39, 0.29) is 11.3 Å². The summed E-state index contributed by atoms with van der Waals surface area (Å²) in [6.45, 7) is 7.47. The molecule has 0 bridgehead atoms. The third-order valence-electron chi connectivity index (χ3n) is 6.60. The third kappa shape index (κ3) is 4.15. The molecule has 4 rings (SSSR count). The maximum atomic E-state index is 12.7. The Kier molecular flexibility index (Phi) is 6.12. The molecule has 1 N–H and O–H groups in total. The molecule has 4 nitrogen and oxygen atoms in total. The maximum Gasteiger partial charge on any atom is 0.235 e. The molecule has 0 aromatic heterocycles. The summed E-state index contributed by atoms with van der Waals surface area (Å²) in [6.07, 6.45) is 3.99. The number of carbonyl (C=O) groups is 1. The van der Waals surface area contributed by atoms with Gasteiger partial charge in [0.1, 0.15) is 0 Å². The number of amides is 1. The molecule has 0 spiro atoms. The van der Waals surface area contributed by atoms with E-state index in [1.165, 1.54) is 11.3 Å². The number of carbonyl (C=O) groups excluding carboxylic acids is 1. The van der Waals surface area contributed by atoms with Crippen molar-refractivity contribution in [3.8, 4) is 0 Å². The van der Waals surface area contributed by atoms with E-state index in [0.29, 0.717) is 0 Å². The molecule has 2 heterocycles. The maximum absolute atomic E-state index is 12.7. The van der Waals surface area contributed by atoms with Crippen molar-refractivity contribution in [3.63, 3.8) is 0 Å². The normalized spacial score (nSPS) is 21.9. The highest BCUT2D eigenvalue weighted by atomic mass is 35.5. The molecular weight excluding hydrogens is 382 g/mol. The molecule has 2 aliphatic heterocycles. The number of nitrogens with zero attached hydrogens (tertiary/aromatic N) is 2. The predicted molar refractivity (Wildman–Crippen MR) is 121 cm³/mol. The fourth-order valence-corrected chi connectivity index (χ4v) is 5.00. The molecular formula is C24H30ClN3O. The molecule has 2 aromatic rings. The van der Waals surface area contributed by atoms with Crippen molar-refractivity contribution in [2.45, 2.75) is 38.0 Å². The Labute approximate surface area is 178 Å². The van der Waals surface area contributed by atoms with Gasteiger partial charge in [-0.25, -0.2) is 0 Å². The van der Waals surface area contributed by atoms with Crippen LogP contribution in [-0.4, -0.2) is 43.5 Å². The number of nitrogens with one attached hydrogen (secondary N) is 1. The Bertz CT molecular complexity index is 863. The van der Waals surface area contributed by atoms with Crippen LogP contribution >= 0.6 is 11.6 Å². The van der Waals surface area contributed by atoms with Crippen LogP contribution in [0.2, 0.25) is 5.02 Å². The number of rotatable bonds is 7. The van der Waals surface area contributed by atoms with Crippen LogP contribution in [-0.2, 0) is 10.2 Å². The van der Waals surface area contributed by atoms with Crippen molar-refractivity contribution in [1.82, 2.24) is 4.90 Å². The van der Waals surface area contributed by atoms with Gasteiger partial charge in [0.2, 0.25) is 5.91 Å². The Hall–Kier alpha value is -2.04. The van der Waals surface area contributed by atoms with Crippen LogP contribution in [0.15, 0.2) is 48.5 Å². The molecule has 0 aliphatic carbocycles. The van der Waals surface area contributed by atoms with Crippen LogP contribution < -0.4 is 10.2 Å². The zero-order valence-corrected chi connectivity index (χ0v) is 17.9. The van der Waals surface area contributed by atoms with Gasteiger partial charge in [-0.2, -0.15) is 0 Å². The Morgan fingerprint density at radius 2 is 1.83 bits per heavy atom. The average Bonchev–Trinajstić information content (AvgIpc) is 3.03. The number of hydrogen-bond donors (Lipinski definition) is 1. The lowest BCUT2D eigenvalue weighted by molar-refractivity contribution is -0.121. The first-order chi connectivity index (χ1) is 14.1. The molecule has 0 radical (unpaired) electrons. The topological polar surface area (TPSA) is 35.6 Å². The smallest absolute Gasteiger partial charge is 0.235 e. The van der Waals surface area contributed by atoms with Gasteiger partial charge in [0, 0.05) is 42.6 Å². The summed E-state index contributed by atoms with van der Waals surface area (Å²) in [4.78, 5) is 17.7. The fraction of sp³-hybridized carbons (Fsp3) is 0.458. The van der Waals surface area contributed by atoms with Crippen LogP contribution in [0.5, 0.6) is 0 Å². The largest absolute Gasteiger partial charge is 0.369 e. The first-order valence-corrected chi connectivity index (χ1v) is 11.1. The quantitative estimate of drug-likeness (QED) is 0.656. The molecule has 1 atom stereocenters. The van der Waals surface area contributed by atoms with E-state index < -0.39 is 0 Å². The van der Waals surface area contributed by atoms with Gasteiger partial charge in [-0.05, 0) is 55.6 Å². The summed E-state index contributed by atoms with van der Waals surface area (Å²) in [6, 6.07) is 16.3. The highest BCUT2D eigenvalue weighted by molar-refractivity contribution is 6.30. The number of benzene rings is 2. The van der Waals surface area contributed by atoms with Gasteiger partial charge < -0.3 is 10.2 Å². The van der Waals surface area contributed by atoms with E-state index in [1.807, 2.05) is 36.4 Å². The van der Waals surface area contributed by atoms with E-state index in [2.05, 4.69) is 34.2 Å². The lowest BCUT2D eigenvalue weighted by Gasteiger charge is -2.36. The zero-order chi connectivity index (χ0) is 20.3. The SMILES string of the molecule is CCC1(CCCCN2CCN(c3cccc(Cl)c3)CC2)C(=O)Nc2ccccc21. The third-order valence-corrected chi connectivity index (χ3v) is 6.84. The van der Waals surface area contributed by atoms with E-state index in [0.717, 1.165) is 69.1 Å². The Balaban J connectivity index is 1.26. The summed E-state index contributed by atoms with van der Waals surface area (Å²) in [5.74, 6) is 0.177. The number of para-hydroxylation sites is 1.